The predicted octanol–water partition coefficient (Wildman–Crippen LogP) is -0.0451. The van der Waals surface area contributed by atoms with E-state index in [2.05, 4.69) is 4.72 Å². The smallest absolute Gasteiger partial charge is 0.208 e. The van der Waals surface area contributed by atoms with Gasteiger partial charge >= 0.3 is 0 Å². The molecule has 57 valence electrons. The standard InChI is InChI=1S/C5H13NO2S.Na/c1-3-4-5-6-9(2,7)8;/h6H,3-5H2,1-2H3;. The molecule has 0 saturated heterocycles. The number of rotatable bonds is 4. The SMILES string of the molecule is CCCCNS(C)(=O)=O.[Na]. The van der Waals surface area contributed by atoms with Gasteiger partial charge in [0.1, 0.15) is 0 Å². The first-order valence-corrected chi connectivity index (χ1v) is 4.90. The second-order valence-corrected chi connectivity index (χ2v) is 3.85. The van der Waals surface area contributed by atoms with Crippen LogP contribution in [0.2, 0.25) is 0 Å². The monoisotopic (exact) mass is 174 g/mol. The van der Waals surface area contributed by atoms with Crippen molar-refractivity contribution in [2.45, 2.75) is 19.8 Å². The molecule has 0 aromatic heterocycles. The van der Waals surface area contributed by atoms with E-state index in [9.17, 15) is 8.42 Å². The molecule has 0 bridgehead atoms. The Morgan fingerprint density at radius 3 is 2.20 bits per heavy atom. The molecular weight excluding hydrogens is 161 g/mol. The first kappa shape index (κ1) is 13.5. The van der Waals surface area contributed by atoms with Crippen LogP contribution in [0.25, 0.3) is 0 Å². The van der Waals surface area contributed by atoms with E-state index in [4.69, 9.17) is 0 Å². The molecule has 0 aliphatic carbocycles. The van der Waals surface area contributed by atoms with Gasteiger partial charge in [-0.3, -0.25) is 0 Å². The zero-order valence-electron chi connectivity index (χ0n) is 6.85. The largest absolute Gasteiger partial charge is 0.215 e. The maximum Gasteiger partial charge on any atom is 0.208 e. The fourth-order valence-corrected chi connectivity index (χ4v) is 0.949. The van der Waals surface area contributed by atoms with Crippen molar-refractivity contribution in [3.63, 3.8) is 0 Å². The average molecular weight is 174 g/mol. The van der Waals surface area contributed by atoms with Crippen molar-refractivity contribution in [2.75, 3.05) is 12.8 Å². The Kier molecular flexibility index (Phi) is 8.92. The van der Waals surface area contributed by atoms with Crippen LogP contribution in [0.3, 0.4) is 0 Å². The zero-order chi connectivity index (χ0) is 7.33. The van der Waals surface area contributed by atoms with E-state index in [0.29, 0.717) is 6.54 Å². The summed E-state index contributed by atoms with van der Waals surface area (Å²) in [4.78, 5) is 0. The molecule has 0 aromatic carbocycles. The van der Waals surface area contributed by atoms with E-state index >= 15 is 0 Å². The van der Waals surface area contributed by atoms with Gasteiger partial charge in [0.05, 0.1) is 6.26 Å². The van der Waals surface area contributed by atoms with Gasteiger partial charge in [0.2, 0.25) is 10.0 Å². The molecule has 1 radical (unpaired) electrons. The van der Waals surface area contributed by atoms with Crippen LogP contribution in [0, 0.1) is 0 Å². The van der Waals surface area contributed by atoms with Gasteiger partial charge < -0.3 is 0 Å². The third kappa shape index (κ3) is 11.7. The minimum atomic E-state index is -2.95. The van der Waals surface area contributed by atoms with Crippen LogP contribution in [0.15, 0.2) is 0 Å². The fourth-order valence-electron chi connectivity index (χ4n) is 0.434. The van der Waals surface area contributed by atoms with Gasteiger partial charge in [-0.1, -0.05) is 13.3 Å². The van der Waals surface area contributed by atoms with Crippen LogP contribution >= 0.6 is 0 Å². The van der Waals surface area contributed by atoms with Gasteiger partial charge in [0.25, 0.3) is 0 Å². The van der Waals surface area contributed by atoms with Crippen LogP contribution < -0.4 is 4.72 Å². The Hall–Kier alpha value is 0.910. The summed E-state index contributed by atoms with van der Waals surface area (Å²) in [6.45, 7) is 2.58. The van der Waals surface area contributed by atoms with Gasteiger partial charge in [-0.15, -0.1) is 0 Å². The second kappa shape index (κ2) is 6.61. The summed E-state index contributed by atoms with van der Waals surface area (Å²) in [5, 5.41) is 0. The first-order chi connectivity index (χ1) is 4.06. The Morgan fingerprint density at radius 1 is 1.40 bits per heavy atom. The van der Waals surface area contributed by atoms with E-state index in [0.717, 1.165) is 12.8 Å². The topological polar surface area (TPSA) is 46.2 Å². The molecule has 0 aromatic rings. The van der Waals surface area contributed by atoms with Crippen molar-refractivity contribution in [3.8, 4) is 0 Å². The first-order valence-electron chi connectivity index (χ1n) is 3.01. The summed E-state index contributed by atoms with van der Waals surface area (Å²) in [5.74, 6) is 0. The molecule has 5 heteroatoms. The summed E-state index contributed by atoms with van der Waals surface area (Å²) in [6.07, 6.45) is 3.10. The zero-order valence-corrected chi connectivity index (χ0v) is 9.66. The van der Waals surface area contributed by atoms with E-state index in [1.165, 1.54) is 6.26 Å². The van der Waals surface area contributed by atoms with Gasteiger partial charge in [0, 0.05) is 36.1 Å². The van der Waals surface area contributed by atoms with Gasteiger partial charge in [0.15, 0.2) is 0 Å². The third-order valence-electron chi connectivity index (χ3n) is 0.895. The van der Waals surface area contributed by atoms with E-state index in [1.807, 2.05) is 6.92 Å². The maximum absolute atomic E-state index is 10.4. The molecule has 0 fully saturated rings. The average Bonchev–Trinajstić information content (AvgIpc) is 1.63. The van der Waals surface area contributed by atoms with Crippen LogP contribution in [0.4, 0.5) is 0 Å². The quantitative estimate of drug-likeness (QED) is 0.480. The Morgan fingerprint density at radius 2 is 1.90 bits per heavy atom. The number of hydrogen-bond acceptors (Lipinski definition) is 2. The molecule has 3 nitrogen and oxygen atoms in total. The normalized spacial score (nSPS) is 10.6. The summed E-state index contributed by atoms with van der Waals surface area (Å²) in [6, 6.07) is 0. The number of unbranched alkanes of at least 4 members (excludes halogenated alkanes) is 1. The minimum absolute atomic E-state index is 0. The van der Waals surface area contributed by atoms with Crippen molar-refractivity contribution < 1.29 is 8.42 Å². The van der Waals surface area contributed by atoms with E-state index in [1.54, 1.807) is 0 Å². The van der Waals surface area contributed by atoms with Crippen LogP contribution in [0.5, 0.6) is 0 Å². The van der Waals surface area contributed by atoms with Gasteiger partial charge in [-0.25, -0.2) is 13.1 Å². The Labute approximate surface area is 84.9 Å². The molecule has 0 saturated carbocycles. The molecule has 1 N–H and O–H groups in total. The molecule has 0 unspecified atom stereocenters. The third-order valence-corrected chi connectivity index (χ3v) is 1.62. The summed E-state index contributed by atoms with van der Waals surface area (Å²) >= 11 is 0. The molecule has 0 atom stereocenters. The molecule has 0 amide bonds. The van der Waals surface area contributed by atoms with Crippen LogP contribution in [-0.2, 0) is 10.0 Å². The van der Waals surface area contributed by atoms with Crippen LogP contribution in [0.1, 0.15) is 19.8 Å². The summed E-state index contributed by atoms with van der Waals surface area (Å²) in [5.41, 5.74) is 0. The molecular formula is C5H13NNaO2S. The molecule has 0 aliphatic heterocycles. The van der Waals surface area contributed by atoms with Crippen molar-refractivity contribution in [2.24, 2.45) is 0 Å². The van der Waals surface area contributed by atoms with Crippen molar-refractivity contribution in [1.82, 2.24) is 4.72 Å². The van der Waals surface area contributed by atoms with Crippen molar-refractivity contribution in [1.29, 1.82) is 0 Å². The Balaban J connectivity index is 0. The molecule has 0 spiro atoms. The maximum atomic E-state index is 10.4. The number of sulfonamides is 1. The second-order valence-electron chi connectivity index (χ2n) is 2.02. The number of hydrogen-bond donors (Lipinski definition) is 1. The molecule has 0 heterocycles. The number of nitrogens with one attached hydrogen (secondary N) is 1. The van der Waals surface area contributed by atoms with Gasteiger partial charge in [-0.2, -0.15) is 0 Å². The van der Waals surface area contributed by atoms with Crippen molar-refractivity contribution >= 4 is 39.6 Å². The molecule has 10 heavy (non-hydrogen) atoms. The fraction of sp³-hybridized carbons (Fsp3) is 1.00. The molecule has 0 aliphatic rings. The van der Waals surface area contributed by atoms with Crippen LogP contribution in [-0.4, -0.2) is 50.8 Å². The van der Waals surface area contributed by atoms with Crippen molar-refractivity contribution in [3.05, 3.63) is 0 Å². The Bertz CT molecular complexity index is 155. The van der Waals surface area contributed by atoms with Gasteiger partial charge in [-0.05, 0) is 6.42 Å². The van der Waals surface area contributed by atoms with E-state index < -0.39 is 10.0 Å². The summed E-state index contributed by atoms with van der Waals surface area (Å²) in [7, 11) is -2.95. The van der Waals surface area contributed by atoms with E-state index in [-0.39, 0.29) is 29.6 Å². The summed E-state index contributed by atoms with van der Waals surface area (Å²) < 4.78 is 23.2. The predicted molar refractivity (Wildman–Crippen MR) is 43.5 cm³/mol. The minimum Gasteiger partial charge on any atom is -0.215 e. The molecule has 0 rings (SSSR count).